The number of nitrogens with zero attached hydrogens (tertiary/aromatic N) is 1. The fraction of sp³-hybridized carbons (Fsp3) is 0.750. The summed E-state index contributed by atoms with van der Waals surface area (Å²) < 4.78 is 0. The molecule has 2 aliphatic rings. The lowest BCUT2D eigenvalue weighted by molar-refractivity contribution is -0.114. The topological polar surface area (TPSA) is 20.3 Å². The molecule has 0 aromatic rings. The van der Waals surface area contributed by atoms with Gasteiger partial charge in [0.15, 0.2) is 5.78 Å². The number of carbonyl (C=O) groups excluding carboxylic acids is 1. The van der Waals surface area contributed by atoms with Crippen molar-refractivity contribution in [2.45, 2.75) is 31.3 Å². The third-order valence-electron chi connectivity index (χ3n) is 3.40. The second-order valence-electron chi connectivity index (χ2n) is 4.59. The number of carbonyl (C=O) groups is 1. The van der Waals surface area contributed by atoms with E-state index in [1.165, 1.54) is 21.0 Å². The average molecular weight is 255 g/mol. The molecule has 4 heteroatoms. The minimum Gasteiger partial charge on any atom is -0.292 e. The molecule has 2 rings (SSSR count). The van der Waals surface area contributed by atoms with Crippen LogP contribution in [0.15, 0.2) is 0 Å². The molecule has 2 nitrogen and oxygen atoms in total. The molecular formula is C12H19NOP2. The van der Waals surface area contributed by atoms with Crippen molar-refractivity contribution >= 4 is 33.9 Å². The zero-order valence-corrected chi connectivity index (χ0v) is 11.6. The number of ketones is 1. The summed E-state index contributed by atoms with van der Waals surface area (Å²) in [6.07, 6.45) is 8.58. The number of hydrogen-bond donors (Lipinski definition) is 0. The van der Waals surface area contributed by atoms with Gasteiger partial charge in [0, 0.05) is 24.7 Å². The largest absolute Gasteiger partial charge is 0.292 e. The molecular weight excluding hydrogens is 236 g/mol. The Balaban J connectivity index is 1.95. The Hall–Kier alpha value is -0.0300. The van der Waals surface area contributed by atoms with Crippen LogP contribution in [0.1, 0.15) is 25.7 Å². The van der Waals surface area contributed by atoms with Crippen LogP contribution in [0.3, 0.4) is 0 Å². The summed E-state index contributed by atoms with van der Waals surface area (Å²) in [5.74, 6) is 0.793. The van der Waals surface area contributed by atoms with Gasteiger partial charge >= 0.3 is 0 Å². The molecule has 0 atom stereocenters. The number of likely N-dealkylation sites (tertiary alicyclic amines) is 1. The van der Waals surface area contributed by atoms with Crippen molar-refractivity contribution in [3.63, 3.8) is 0 Å². The lowest BCUT2D eigenvalue weighted by Crippen LogP contribution is -2.42. The molecule has 0 aromatic heterocycles. The average Bonchev–Trinajstić information content (AvgIpc) is 3.14. The van der Waals surface area contributed by atoms with Crippen LogP contribution in [0.5, 0.6) is 0 Å². The van der Waals surface area contributed by atoms with Crippen LogP contribution >= 0.6 is 16.4 Å². The molecule has 0 radical (unpaired) electrons. The summed E-state index contributed by atoms with van der Waals surface area (Å²) in [5.41, 5.74) is 1.82. The number of hydrogen-bond acceptors (Lipinski definition) is 1. The third-order valence-corrected chi connectivity index (χ3v) is 5.36. The van der Waals surface area contributed by atoms with E-state index in [2.05, 4.69) is 17.9 Å². The first-order chi connectivity index (χ1) is 7.76. The summed E-state index contributed by atoms with van der Waals surface area (Å²) in [6, 6.07) is 0. The first kappa shape index (κ1) is 12.4. The van der Waals surface area contributed by atoms with Crippen LogP contribution in [0.4, 0.5) is 0 Å². The second kappa shape index (κ2) is 5.54. The predicted molar refractivity (Wildman–Crippen MR) is 74.2 cm³/mol. The Morgan fingerprint density at radius 3 is 2.31 bits per heavy atom. The van der Waals surface area contributed by atoms with Gasteiger partial charge in [-0.3, -0.25) is 9.69 Å². The zero-order chi connectivity index (χ0) is 11.5. The summed E-state index contributed by atoms with van der Waals surface area (Å²) in [5, 5.41) is 0. The van der Waals surface area contributed by atoms with E-state index in [0.717, 1.165) is 45.2 Å². The first-order valence-corrected chi connectivity index (χ1v) is 8.47. The highest BCUT2D eigenvalue weighted by Crippen LogP contribution is 2.32. The van der Waals surface area contributed by atoms with Gasteiger partial charge in [0.2, 0.25) is 0 Å². The molecule has 0 amide bonds. The highest BCUT2D eigenvalue weighted by atomic mass is 31.1. The van der Waals surface area contributed by atoms with E-state index in [0.29, 0.717) is 11.7 Å². The predicted octanol–water partition coefficient (Wildman–Crippen LogP) is 2.51. The molecule has 0 bridgehead atoms. The normalized spacial score (nSPS) is 24.9. The van der Waals surface area contributed by atoms with Gasteiger partial charge in [-0.25, -0.2) is 0 Å². The van der Waals surface area contributed by atoms with Crippen LogP contribution in [0, 0.1) is 5.92 Å². The molecule has 1 saturated heterocycles. The smallest absolute Gasteiger partial charge is 0.181 e. The number of piperidine rings is 1. The molecule has 1 aliphatic carbocycles. The fourth-order valence-electron chi connectivity index (χ4n) is 2.20. The van der Waals surface area contributed by atoms with Gasteiger partial charge in [-0.1, -0.05) is 14.5 Å². The Morgan fingerprint density at radius 2 is 1.88 bits per heavy atom. The maximum Gasteiger partial charge on any atom is 0.181 e. The molecule has 0 N–H and O–H groups in total. The maximum atomic E-state index is 12.1. The molecule has 16 heavy (non-hydrogen) atoms. The Morgan fingerprint density at radius 1 is 1.25 bits per heavy atom. The van der Waals surface area contributed by atoms with Crippen LogP contribution in [0.25, 0.3) is 0 Å². The van der Waals surface area contributed by atoms with E-state index in [4.69, 9.17) is 0 Å². The van der Waals surface area contributed by atoms with Gasteiger partial charge < -0.3 is 0 Å². The van der Waals surface area contributed by atoms with E-state index in [9.17, 15) is 4.79 Å². The Bertz CT molecular complexity index is 315. The summed E-state index contributed by atoms with van der Waals surface area (Å²) in [6.45, 7) is 4.20. The van der Waals surface area contributed by atoms with E-state index in [-0.39, 0.29) is 0 Å². The monoisotopic (exact) mass is 255 g/mol. The van der Waals surface area contributed by atoms with Crippen LogP contribution in [-0.4, -0.2) is 47.8 Å². The molecule has 1 heterocycles. The molecule has 0 spiro atoms. The van der Waals surface area contributed by atoms with Crippen molar-refractivity contribution in [2.75, 3.05) is 19.8 Å². The molecule has 1 aliphatic heterocycles. The van der Waals surface area contributed by atoms with Gasteiger partial charge in [0.05, 0.1) is 5.42 Å². The highest BCUT2D eigenvalue weighted by Gasteiger charge is 2.34. The van der Waals surface area contributed by atoms with Crippen LogP contribution < -0.4 is 0 Å². The standard InChI is InChI=1S/C12H19NOP2/c1-15-10-5-7-13(8-6-10)12(16-2)11(14)9-3-4-9/h9-10H,1,3-8H2,2H3. The number of Topliss-reactive ketones (excluding diaryl/α,β-unsaturated/α-hetero) is 1. The van der Waals surface area contributed by atoms with Crippen molar-refractivity contribution in [3.05, 3.63) is 0 Å². The maximum absolute atomic E-state index is 12.1. The molecule has 0 unspecified atom stereocenters. The lowest BCUT2D eigenvalue weighted by atomic mass is 10.1. The van der Waals surface area contributed by atoms with E-state index >= 15 is 0 Å². The van der Waals surface area contributed by atoms with E-state index in [1.807, 2.05) is 0 Å². The van der Waals surface area contributed by atoms with Gasteiger partial charge in [-0.05, 0) is 32.3 Å². The van der Waals surface area contributed by atoms with Gasteiger partial charge in [0.25, 0.3) is 0 Å². The Kier molecular flexibility index (Phi) is 4.30. The zero-order valence-electron chi connectivity index (χ0n) is 9.85. The minimum absolute atomic E-state index is 0.367. The van der Waals surface area contributed by atoms with E-state index in [1.54, 1.807) is 0 Å². The van der Waals surface area contributed by atoms with Crippen molar-refractivity contribution in [3.8, 4) is 0 Å². The van der Waals surface area contributed by atoms with Crippen LogP contribution in [-0.2, 0) is 4.79 Å². The van der Waals surface area contributed by atoms with Gasteiger partial charge in [0.1, 0.15) is 0 Å². The van der Waals surface area contributed by atoms with E-state index < -0.39 is 0 Å². The van der Waals surface area contributed by atoms with Gasteiger partial charge in [-0.15, -0.1) is 8.20 Å². The molecule has 88 valence electrons. The molecule has 0 aromatic carbocycles. The second-order valence-corrected chi connectivity index (χ2v) is 6.55. The summed E-state index contributed by atoms with van der Waals surface area (Å²) >= 11 is 0. The van der Waals surface area contributed by atoms with Crippen molar-refractivity contribution in [1.29, 1.82) is 0 Å². The van der Waals surface area contributed by atoms with Crippen LogP contribution in [0.2, 0.25) is 0 Å². The lowest BCUT2D eigenvalue weighted by Gasteiger charge is -2.31. The fourth-order valence-corrected chi connectivity index (χ4v) is 3.68. The van der Waals surface area contributed by atoms with Crippen molar-refractivity contribution < 1.29 is 4.79 Å². The molecule has 1 saturated carbocycles. The van der Waals surface area contributed by atoms with Crippen molar-refractivity contribution in [1.82, 2.24) is 4.90 Å². The minimum atomic E-state index is 0.367. The Labute approximate surface area is 101 Å². The number of rotatable bonds is 4. The third kappa shape index (κ3) is 2.80. The summed E-state index contributed by atoms with van der Waals surface area (Å²) in [7, 11) is 2.42. The quantitative estimate of drug-likeness (QED) is 0.719. The highest BCUT2D eigenvalue weighted by molar-refractivity contribution is 7.42. The first-order valence-electron chi connectivity index (χ1n) is 5.98. The SMILES string of the molecule is C=PC1CCN(C(=PC)C(=O)C2CC2)CC1. The van der Waals surface area contributed by atoms with Gasteiger partial charge in [-0.2, -0.15) is 0 Å². The van der Waals surface area contributed by atoms with Crippen molar-refractivity contribution in [2.24, 2.45) is 5.92 Å². The molecule has 2 fully saturated rings. The summed E-state index contributed by atoms with van der Waals surface area (Å²) in [4.78, 5) is 14.4.